The Balaban J connectivity index is 1.35. The van der Waals surface area contributed by atoms with E-state index in [1.54, 1.807) is 6.07 Å². The van der Waals surface area contributed by atoms with Crippen molar-refractivity contribution < 1.29 is 9.32 Å². The maximum Gasteiger partial charge on any atom is 0.254 e. The van der Waals surface area contributed by atoms with Gasteiger partial charge in [0.15, 0.2) is 0 Å². The zero-order valence-corrected chi connectivity index (χ0v) is 16.8. The number of benzene rings is 2. The highest BCUT2D eigenvalue weighted by atomic mass is 16.5. The topological polar surface area (TPSA) is 88.5 Å². The molecule has 0 unspecified atom stereocenters. The molecule has 2 N–H and O–H groups in total. The minimum absolute atomic E-state index is 0.0360. The Kier molecular flexibility index (Phi) is 5.31. The second kappa shape index (κ2) is 8.05. The zero-order chi connectivity index (χ0) is 20.4. The van der Waals surface area contributed by atoms with Crippen molar-refractivity contribution in [1.82, 2.24) is 19.9 Å². The predicted octanol–water partition coefficient (Wildman–Crippen LogP) is 2.89. The molecular formula is C22H25N5O2. The quantitative estimate of drug-likeness (QED) is 0.688. The van der Waals surface area contributed by atoms with Gasteiger partial charge in [0.25, 0.3) is 5.91 Å². The number of aryl methyl sites for hydroxylation is 2. The van der Waals surface area contributed by atoms with E-state index in [-0.39, 0.29) is 5.91 Å². The molecule has 0 bridgehead atoms. The van der Waals surface area contributed by atoms with Crippen molar-refractivity contribution in [2.45, 2.75) is 20.4 Å². The molecule has 1 amide bonds. The molecule has 2 heterocycles. The molecule has 7 heteroatoms. The molecule has 29 heavy (non-hydrogen) atoms. The fourth-order valence-electron chi connectivity index (χ4n) is 3.48. The normalized spacial score (nSPS) is 14.9. The van der Waals surface area contributed by atoms with Gasteiger partial charge in [0.2, 0.25) is 11.7 Å². The van der Waals surface area contributed by atoms with E-state index in [1.165, 1.54) is 5.56 Å². The van der Waals surface area contributed by atoms with Gasteiger partial charge in [-0.1, -0.05) is 41.1 Å². The van der Waals surface area contributed by atoms with Crippen LogP contribution < -0.4 is 5.73 Å². The van der Waals surface area contributed by atoms with Gasteiger partial charge in [-0.3, -0.25) is 9.69 Å². The molecule has 1 aromatic heterocycles. The van der Waals surface area contributed by atoms with Gasteiger partial charge in [0, 0.05) is 43.0 Å². The molecule has 3 aromatic rings. The molecule has 0 aliphatic carbocycles. The van der Waals surface area contributed by atoms with Crippen LogP contribution in [-0.2, 0) is 6.54 Å². The summed E-state index contributed by atoms with van der Waals surface area (Å²) in [6.07, 6.45) is 0. The van der Waals surface area contributed by atoms with Crippen LogP contribution in [0.5, 0.6) is 0 Å². The lowest BCUT2D eigenvalue weighted by atomic mass is 10.1. The van der Waals surface area contributed by atoms with Gasteiger partial charge in [0.1, 0.15) is 0 Å². The highest BCUT2D eigenvalue weighted by Crippen LogP contribution is 2.19. The lowest BCUT2D eigenvalue weighted by molar-refractivity contribution is 0.0614. The first-order valence-corrected chi connectivity index (χ1v) is 9.77. The van der Waals surface area contributed by atoms with Crippen molar-refractivity contribution in [1.29, 1.82) is 0 Å². The van der Waals surface area contributed by atoms with E-state index in [0.717, 1.165) is 24.2 Å². The molecule has 0 spiro atoms. The molecule has 4 rings (SSSR count). The molecule has 2 aromatic carbocycles. The summed E-state index contributed by atoms with van der Waals surface area (Å²) >= 11 is 0. The third-order valence-electron chi connectivity index (χ3n) is 5.29. The molecule has 1 aliphatic heterocycles. The number of aromatic nitrogens is 2. The Bertz CT molecular complexity index is 1000. The zero-order valence-electron chi connectivity index (χ0n) is 16.8. The van der Waals surface area contributed by atoms with E-state index >= 15 is 0 Å². The maximum atomic E-state index is 12.8. The van der Waals surface area contributed by atoms with Crippen LogP contribution in [0.3, 0.4) is 0 Å². The van der Waals surface area contributed by atoms with Gasteiger partial charge in [-0.25, -0.2) is 0 Å². The van der Waals surface area contributed by atoms with Gasteiger partial charge >= 0.3 is 0 Å². The summed E-state index contributed by atoms with van der Waals surface area (Å²) in [6.45, 7) is 7.40. The first-order chi connectivity index (χ1) is 14.0. The summed E-state index contributed by atoms with van der Waals surface area (Å²) in [7, 11) is 0. The molecular weight excluding hydrogens is 366 g/mol. The molecule has 1 aliphatic rings. The van der Waals surface area contributed by atoms with Gasteiger partial charge in [-0.05, 0) is 31.5 Å². The lowest BCUT2D eigenvalue weighted by Gasteiger charge is -2.34. The number of piperazine rings is 1. The standard InChI is InChI=1S/C22H25N5O2/c1-15-3-6-17(7-4-15)21-24-20(29-25-21)14-26-9-11-27(12-10-26)22(28)19-13-18(23)8-5-16(19)2/h3-8,13H,9-12,14,23H2,1-2H3. The fourth-order valence-corrected chi connectivity index (χ4v) is 3.48. The number of nitrogens with two attached hydrogens (primary N) is 1. The third-order valence-corrected chi connectivity index (χ3v) is 5.29. The second-order valence-electron chi connectivity index (χ2n) is 7.52. The van der Waals surface area contributed by atoms with Crippen LogP contribution >= 0.6 is 0 Å². The first-order valence-electron chi connectivity index (χ1n) is 9.77. The Labute approximate surface area is 170 Å². The van der Waals surface area contributed by atoms with Crippen molar-refractivity contribution >= 4 is 11.6 Å². The number of nitrogen functional groups attached to an aromatic ring is 1. The fraction of sp³-hybridized carbons (Fsp3) is 0.318. The Morgan fingerprint density at radius 1 is 1.07 bits per heavy atom. The second-order valence-corrected chi connectivity index (χ2v) is 7.52. The van der Waals surface area contributed by atoms with E-state index < -0.39 is 0 Å². The Morgan fingerprint density at radius 3 is 2.52 bits per heavy atom. The molecule has 7 nitrogen and oxygen atoms in total. The number of anilines is 1. The van der Waals surface area contributed by atoms with E-state index in [0.29, 0.717) is 42.6 Å². The molecule has 0 atom stereocenters. The number of carbonyl (C=O) groups excluding carboxylic acids is 1. The molecule has 0 saturated carbocycles. The Hall–Kier alpha value is -3.19. The number of amides is 1. The van der Waals surface area contributed by atoms with Crippen molar-refractivity contribution in [3.8, 4) is 11.4 Å². The number of hydrogen-bond donors (Lipinski definition) is 1. The van der Waals surface area contributed by atoms with Crippen molar-refractivity contribution in [2.24, 2.45) is 0 Å². The molecule has 150 valence electrons. The van der Waals surface area contributed by atoms with Crippen LogP contribution in [0.4, 0.5) is 5.69 Å². The van der Waals surface area contributed by atoms with Crippen molar-refractivity contribution in [3.63, 3.8) is 0 Å². The van der Waals surface area contributed by atoms with Gasteiger partial charge in [0.05, 0.1) is 6.54 Å². The molecule has 0 radical (unpaired) electrons. The predicted molar refractivity (Wildman–Crippen MR) is 111 cm³/mol. The molecule has 1 fully saturated rings. The average Bonchev–Trinajstić information content (AvgIpc) is 3.19. The summed E-state index contributed by atoms with van der Waals surface area (Å²) in [5, 5.41) is 4.09. The first kappa shape index (κ1) is 19.1. The highest BCUT2D eigenvalue weighted by molar-refractivity contribution is 5.96. The van der Waals surface area contributed by atoms with Crippen LogP contribution in [0.1, 0.15) is 27.4 Å². The average molecular weight is 391 g/mol. The van der Waals surface area contributed by atoms with Gasteiger partial charge in [-0.15, -0.1) is 0 Å². The van der Waals surface area contributed by atoms with Crippen LogP contribution in [0, 0.1) is 13.8 Å². The SMILES string of the molecule is Cc1ccc(-c2noc(CN3CCN(C(=O)c4cc(N)ccc4C)CC3)n2)cc1. The smallest absolute Gasteiger partial charge is 0.254 e. The largest absolute Gasteiger partial charge is 0.399 e. The maximum absolute atomic E-state index is 12.8. The van der Waals surface area contributed by atoms with Crippen molar-refractivity contribution in [2.75, 3.05) is 31.9 Å². The number of carbonyl (C=O) groups is 1. The summed E-state index contributed by atoms with van der Waals surface area (Å²) in [5.74, 6) is 1.23. The van der Waals surface area contributed by atoms with Crippen LogP contribution in [0.2, 0.25) is 0 Å². The van der Waals surface area contributed by atoms with Gasteiger partial charge in [-0.2, -0.15) is 4.98 Å². The van der Waals surface area contributed by atoms with Crippen LogP contribution in [0.15, 0.2) is 47.0 Å². The van der Waals surface area contributed by atoms with E-state index in [9.17, 15) is 4.79 Å². The van der Waals surface area contributed by atoms with Gasteiger partial charge < -0.3 is 15.2 Å². The summed E-state index contributed by atoms with van der Waals surface area (Å²) in [6, 6.07) is 13.5. The third kappa shape index (κ3) is 4.30. The number of rotatable bonds is 4. The summed E-state index contributed by atoms with van der Waals surface area (Å²) in [5.41, 5.74) is 10.2. The highest BCUT2D eigenvalue weighted by Gasteiger charge is 2.24. The summed E-state index contributed by atoms with van der Waals surface area (Å²) < 4.78 is 5.43. The van der Waals surface area contributed by atoms with E-state index in [2.05, 4.69) is 15.0 Å². The minimum Gasteiger partial charge on any atom is -0.399 e. The monoisotopic (exact) mass is 391 g/mol. The van der Waals surface area contributed by atoms with Crippen LogP contribution in [-0.4, -0.2) is 52.0 Å². The van der Waals surface area contributed by atoms with E-state index in [4.69, 9.17) is 10.3 Å². The number of hydrogen-bond acceptors (Lipinski definition) is 6. The Morgan fingerprint density at radius 2 is 1.79 bits per heavy atom. The lowest BCUT2D eigenvalue weighted by Crippen LogP contribution is -2.48. The molecule has 1 saturated heterocycles. The summed E-state index contributed by atoms with van der Waals surface area (Å²) in [4.78, 5) is 21.4. The van der Waals surface area contributed by atoms with Crippen molar-refractivity contribution in [3.05, 3.63) is 65.0 Å². The number of nitrogens with zero attached hydrogens (tertiary/aromatic N) is 4. The van der Waals surface area contributed by atoms with Crippen LogP contribution in [0.25, 0.3) is 11.4 Å². The van der Waals surface area contributed by atoms with E-state index in [1.807, 2.05) is 55.1 Å². The minimum atomic E-state index is 0.0360.